The highest BCUT2D eigenvalue weighted by Gasteiger charge is 2.22. The van der Waals surface area contributed by atoms with E-state index < -0.39 is 0 Å². The Morgan fingerprint density at radius 3 is 3.06 bits per heavy atom. The van der Waals surface area contributed by atoms with Crippen molar-refractivity contribution in [3.8, 4) is 11.8 Å². The summed E-state index contributed by atoms with van der Waals surface area (Å²) in [6, 6.07) is 8.27. The van der Waals surface area contributed by atoms with Gasteiger partial charge in [0.05, 0.1) is 11.4 Å². The lowest BCUT2D eigenvalue weighted by Gasteiger charge is -2.04. The van der Waals surface area contributed by atoms with Crippen LogP contribution in [0.15, 0.2) is 24.3 Å². The van der Waals surface area contributed by atoms with Crippen molar-refractivity contribution >= 4 is 0 Å². The maximum absolute atomic E-state index is 13.2. The first-order chi connectivity index (χ1) is 8.29. The van der Waals surface area contributed by atoms with Crippen molar-refractivity contribution in [2.24, 2.45) is 0 Å². The monoisotopic (exact) mass is 228 g/mol. The molecule has 0 unspecified atom stereocenters. The maximum atomic E-state index is 13.2. The molecule has 17 heavy (non-hydrogen) atoms. The molecule has 5 heteroatoms. The van der Waals surface area contributed by atoms with Crippen LogP contribution in [0.2, 0.25) is 0 Å². The van der Waals surface area contributed by atoms with Crippen LogP contribution in [0.5, 0.6) is 0 Å². The Balaban J connectivity index is 2.19. The van der Waals surface area contributed by atoms with E-state index >= 15 is 0 Å². The predicted molar refractivity (Wildman–Crippen MR) is 58.8 cm³/mol. The number of halogens is 1. The molecule has 1 N–H and O–H groups in total. The number of benzene rings is 1. The zero-order valence-corrected chi connectivity index (χ0v) is 8.94. The third-order valence-electron chi connectivity index (χ3n) is 2.84. The van der Waals surface area contributed by atoms with Gasteiger partial charge in [-0.05, 0) is 18.2 Å². The van der Waals surface area contributed by atoms with E-state index in [-0.39, 0.29) is 5.82 Å². The molecule has 0 amide bonds. The number of rotatable bonds is 1. The van der Waals surface area contributed by atoms with Crippen molar-refractivity contribution in [2.45, 2.75) is 13.1 Å². The number of nitrogens with one attached hydrogen (secondary N) is 1. The highest BCUT2D eigenvalue weighted by molar-refractivity contribution is 5.43. The summed E-state index contributed by atoms with van der Waals surface area (Å²) in [4.78, 5) is 0. The Kier molecular flexibility index (Phi) is 2.16. The zero-order valence-electron chi connectivity index (χ0n) is 8.94. The molecule has 4 nitrogen and oxygen atoms in total. The van der Waals surface area contributed by atoms with E-state index in [2.05, 4.69) is 16.5 Å². The molecule has 2 aromatic rings. The fraction of sp³-hybridized carbons (Fsp3) is 0.167. The first-order valence-corrected chi connectivity index (χ1v) is 5.27. The lowest BCUT2D eigenvalue weighted by Crippen LogP contribution is -2.08. The lowest BCUT2D eigenvalue weighted by atomic mass is 10.2. The van der Waals surface area contributed by atoms with Crippen LogP contribution in [0.3, 0.4) is 0 Å². The van der Waals surface area contributed by atoms with E-state index in [4.69, 9.17) is 5.26 Å². The SMILES string of the molecule is N#Cc1nn(-c2cccc(F)c2)c2c1CNC2. The molecular weight excluding hydrogens is 219 g/mol. The van der Waals surface area contributed by atoms with Crippen LogP contribution < -0.4 is 5.32 Å². The zero-order chi connectivity index (χ0) is 11.8. The standard InChI is InChI=1S/C12H9FN4/c13-8-2-1-3-9(4-8)17-12-7-15-6-10(12)11(5-14)16-17/h1-4,15H,6-7H2. The first kappa shape index (κ1) is 10.00. The van der Waals surface area contributed by atoms with Gasteiger partial charge in [0.2, 0.25) is 0 Å². The topological polar surface area (TPSA) is 53.6 Å². The summed E-state index contributed by atoms with van der Waals surface area (Å²) in [7, 11) is 0. The van der Waals surface area contributed by atoms with Crippen molar-refractivity contribution in [2.75, 3.05) is 0 Å². The Labute approximate surface area is 97.3 Å². The normalized spacial score (nSPS) is 13.4. The van der Waals surface area contributed by atoms with Gasteiger partial charge in [-0.25, -0.2) is 9.07 Å². The average Bonchev–Trinajstić information content (AvgIpc) is 2.89. The number of aromatic nitrogens is 2. The molecule has 0 aliphatic carbocycles. The van der Waals surface area contributed by atoms with Crippen molar-refractivity contribution in [3.63, 3.8) is 0 Å². The summed E-state index contributed by atoms with van der Waals surface area (Å²) in [6.45, 7) is 1.30. The molecule has 1 aliphatic heterocycles. The molecule has 0 radical (unpaired) electrons. The summed E-state index contributed by atoms with van der Waals surface area (Å²) < 4.78 is 14.8. The lowest BCUT2D eigenvalue weighted by molar-refractivity contribution is 0.624. The number of hydrogen-bond donors (Lipinski definition) is 1. The maximum Gasteiger partial charge on any atom is 0.167 e. The van der Waals surface area contributed by atoms with Gasteiger partial charge in [0.25, 0.3) is 0 Å². The molecular formula is C12H9FN4. The van der Waals surface area contributed by atoms with Gasteiger partial charge in [0, 0.05) is 18.7 Å². The minimum atomic E-state index is -0.309. The number of fused-ring (bicyclic) bond motifs is 1. The summed E-state index contributed by atoms with van der Waals surface area (Å²) in [5.41, 5.74) is 2.91. The molecule has 1 aromatic carbocycles. The van der Waals surface area contributed by atoms with Crippen molar-refractivity contribution < 1.29 is 4.39 Å². The Morgan fingerprint density at radius 1 is 1.41 bits per heavy atom. The van der Waals surface area contributed by atoms with E-state index in [9.17, 15) is 4.39 Å². The highest BCUT2D eigenvalue weighted by Crippen LogP contribution is 2.22. The van der Waals surface area contributed by atoms with Crippen molar-refractivity contribution in [3.05, 3.63) is 47.0 Å². The Bertz CT molecular complexity index is 624. The van der Waals surface area contributed by atoms with Gasteiger partial charge in [0.15, 0.2) is 5.69 Å². The van der Waals surface area contributed by atoms with Crippen molar-refractivity contribution in [1.82, 2.24) is 15.1 Å². The molecule has 0 saturated carbocycles. The Morgan fingerprint density at radius 2 is 2.29 bits per heavy atom. The third kappa shape index (κ3) is 1.50. The molecule has 0 spiro atoms. The van der Waals surface area contributed by atoms with Gasteiger partial charge in [0.1, 0.15) is 11.9 Å². The minimum Gasteiger partial charge on any atom is -0.307 e. The summed E-state index contributed by atoms with van der Waals surface area (Å²) in [5.74, 6) is -0.309. The van der Waals surface area contributed by atoms with Crippen LogP contribution in [0.4, 0.5) is 4.39 Å². The predicted octanol–water partition coefficient (Wildman–Crippen LogP) is 1.49. The van der Waals surface area contributed by atoms with Crippen LogP contribution in [-0.4, -0.2) is 9.78 Å². The van der Waals surface area contributed by atoms with E-state index in [1.54, 1.807) is 16.8 Å². The summed E-state index contributed by atoms with van der Waals surface area (Å²) >= 11 is 0. The first-order valence-electron chi connectivity index (χ1n) is 5.27. The second-order valence-corrected chi connectivity index (χ2v) is 3.88. The van der Waals surface area contributed by atoms with Crippen LogP contribution >= 0.6 is 0 Å². The summed E-state index contributed by atoms with van der Waals surface area (Å²) in [5, 5.41) is 16.4. The van der Waals surface area contributed by atoms with E-state index in [0.717, 1.165) is 11.3 Å². The van der Waals surface area contributed by atoms with Crippen LogP contribution in [0, 0.1) is 17.1 Å². The molecule has 0 bridgehead atoms. The average molecular weight is 228 g/mol. The van der Waals surface area contributed by atoms with Crippen LogP contribution in [-0.2, 0) is 13.1 Å². The fourth-order valence-electron chi connectivity index (χ4n) is 2.07. The minimum absolute atomic E-state index is 0.309. The molecule has 3 rings (SSSR count). The molecule has 84 valence electrons. The number of hydrogen-bond acceptors (Lipinski definition) is 3. The quantitative estimate of drug-likeness (QED) is 0.804. The fourth-order valence-corrected chi connectivity index (χ4v) is 2.07. The van der Waals surface area contributed by atoms with Gasteiger partial charge in [-0.2, -0.15) is 10.4 Å². The largest absolute Gasteiger partial charge is 0.307 e. The van der Waals surface area contributed by atoms with Gasteiger partial charge in [-0.1, -0.05) is 6.07 Å². The molecule has 0 fully saturated rings. The number of nitrogens with zero attached hydrogens (tertiary/aromatic N) is 3. The van der Waals surface area contributed by atoms with Crippen LogP contribution in [0.1, 0.15) is 17.0 Å². The second kappa shape index (κ2) is 3.68. The van der Waals surface area contributed by atoms with Gasteiger partial charge >= 0.3 is 0 Å². The van der Waals surface area contributed by atoms with E-state index in [0.29, 0.717) is 24.5 Å². The molecule has 0 atom stereocenters. The summed E-state index contributed by atoms with van der Waals surface area (Å²) in [6.07, 6.45) is 0. The van der Waals surface area contributed by atoms with Gasteiger partial charge in [-0.15, -0.1) is 0 Å². The van der Waals surface area contributed by atoms with E-state index in [1.165, 1.54) is 12.1 Å². The number of nitriles is 1. The third-order valence-corrected chi connectivity index (χ3v) is 2.84. The molecule has 0 saturated heterocycles. The molecule has 2 heterocycles. The van der Waals surface area contributed by atoms with Crippen molar-refractivity contribution in [1.29, 1.82) is 5.26 Å². The van der Waals surface area contributed by atoms with Gasteiger partial charge in [-0.3, -0.25) is 0 Å². The second-order valence-electron chi connectivity index (χ2n) is 3.88. The van der Waals surface area contributed by atoms with Gasteiger partial charge < -0.3 is 5.32 Å². The Hall–Kier alpha value is -2.19. The molecule has 1 aliphatic rings. The smallest absolute Gasteiger partial charge is 0.167 e. The highest BCUT2D eigenvalue weighted by atomic mass is 19.1. The molecule has 1 aromatic heterocycles. The van der Waals surface area contributed by atoms with E-state index in [1.807, 2.05) is 0 Å². The van der Waals surface area contributed by atoms with Crippen LogP contribution in [0.25, 0.3) is 5.69 Å².